The standard InChI is InChI=1S/C11H14Cl2N2O/c12-9-4-7(14)5-10(13)11(9)15-8-2-1-3-16-6-8/h4-5,8,15H,1-3,6,14H2. The lowest BCUT2D eigenvalue weighted by atomic mass is 10.1. The van der Waals surface area contributed by atoms with Gasteiger partial charge in [0.05, 0.1) is 22.3 Å². The molecular weight excluding hydrogens is 247 g/mol. The molecule has 0 aromatic heterocycles. The quantitative estimate of drug-likeness (QED) is 0.804. The van der Waals surface area contributed by atoms with Crippen LogP contribution in [0.5, 0.6) is 0 Å². The van der Waals surface area contributed by atoms with Gasteiger partial charge in [0.1, 0.15) is 0 Å². The van der Waals surface area contributed by atoms with E-state index < -0.39 is 0 Å². The molecule has 1 unspecified atom stereocenters. The van der Waals surface area contributed by atoms with Crippen molar-refractivity contribution in [2.24, 2.45) is 0 Å². The van der Waals surface area contributed by atoms with E-state index in [1.807, 2.05) is 0 Å². The lowest BCUT2D eigenvalue weighted by Gasteiger charge is -2.25. The van der Waals surface area contributed by atoms with Crippen molar-refractivity contribution in [1.29, 1.82) is 0 Å². The highest BCUT2D eigenvalue weighted by molar-refractivity contribution is 6.39. The van der Waals surface area contributed by atoms with E-state index >= 15 is 0 Å². The van der Waals surface area contributed by atoms with Crippen molar-refractivity contribution >= 4 is 34.6 Å². The second kappa shape index (κ2) is 5.13. The van der Waals surface area contributed by atoms with Gasteiger partial charge in [0.2, 0.25) is 0 Å². The first-order chi connectivity index (χ1) is 7.66. The summed E-state index contributed by atoms with van der Waals surface area (Å²) in [5.74, 6) is 0. The molecule has 1 heterocycles. The molecule has 0 spiro atoms. The minimum Gasteiger partial charge on any atom is -0.399 e. The highest BCUT2D eigenvalue weighted by Gasteiger charge is 2.16. The largest absolute Gasteiger partial charge is 0.399 e. The van der Waals surface area contributed by atoms with Gasteiger partial charge in [-0.05, 0) is 25.0 Å². The van der Waals surface area contributed by atoms with Gasteiger partial charge in [-0.2, -0.15) is 0 Å². The number of nitrogens with one attached hydrogen (secondary N) is 1. The minimum absolute atomic E-state index is 0.271. The minimum atomic E-state index is 0.271. The van der Waals surface area contributed by atoms with Crippen molar-refractivity contribution in [1.82, 2.24) is 0 Å². The number of hydrogen-bond acceptors (Lipinski definition) is 3. The molecule has 0 aliphatic carbocycles. The maximum absolute atomic E-state index is 6.09. The molecule has 1 fully saturated rings. The summed E-state index contributed by atoms with van der Waals surface area (Å²) in [6.45, 7) is 1.53. The summed E-state index contributed by atoms with van der Waals surface area (Å²) in [6.07, 6.45) is 2.12. The molecule has 1 aromatic rings. The Morgan fingerprint density at radius 3 is 2.56 bits per heavy atom. The second-order valence-corrected chi connectivity index (χ2v) is 4.73. The van der Waals surface area contributed by atoms with Gasteiger partial charge in [-0.3, -0.25) is 0 Å². The predicted molar refractivity (Wildman–Crippen MR) is 68.3 cm³/mol. The van der Waals surface area contributed by atoms with Crippen molar-refractivity contribution in [3.05, 3.63) is 22.2 Å². The van der Waals surface area contributed by atoms with E-state index in [2.05, 4.69) is 5.32 Å². The fraction of sp³-hybridized carbons (Fsp3) is 0.455. The van der Waals surface area contributed by atoms with Crippen molar-refractivity contribution in [3.8, 4) is 0 Å². The van der Waals surface area contributed by atoms with E-state index in [9.17, 15) is 0 Å². The molecule has 0 bridgehead atoms. The number of rotatable bonds is 2. The van der Waals surface area contributed by atoms with E-state index in [0.717, 1.165) is 25.1 Å². The van der Waals surface area contributed by atoms with Gasteiger partial charge in [0.25, 0.3) is 0 Å². The average molecular weight is 261 g/mol. The molecule has 88 valence electrons. The highest BCUT2D eigenvalue weighted by atomic mass is 35.5. The number of anilines is 2. The predicted octanol–water partition coefficient (Wildman–Crippen LogP) is 3.17. The van der Waals surface area contributed by atoms with Crippen LogP contribution in [0.25, 0.3) is 0 Å². The normalized spacial score (nSPS) is 20.8. The first-order valence-electron chi connectivity index (χ1n) is 5.25. The van der Waals surface area contributed by atoms with E-state index in [-0.39, 0.29) is 6.04 Å². The lowest BCUT2D eigenvalue weighted by Crippen LogP contribution is -2.30. The van der Waals surface area contributed by atoms with Gasteiger partial charge in [-0.15, -0.1) is 0 Å². The maximum Gasteiger partial charge on any atom is 0.0723 e. The molecule has 1 aliphatic heterocycles. The fourth-order valence-electron chi connectivity index (χ4n) is 1.79. The zero-order valence-corrected chi connectivity index (χ0v) is 10.3. The Morgan fingerprint density at radius 1 is 1.31 bits per heavy atom. The van der Waals surface area contributed by atoms with Crippen LogP contribution in [-0.4, -0.2) is 19.3 Å². The summed E-state index contributed by atoms with van der Waals surface area (Å²) < 4.78 is 5.38. The molecule has 1 aromatic carbocycles. The molecule has 5 heteroatoms. The zero-order chi connectivity index (χ0) is 11.5. The van der Waals surface area contributed by atoms with Gasteiger partial charge in [0, 0.05) is 18.3 Å². The smallest absolute Gasteiger partial charge is 0.0723 e. The first kappa shape index (κ1) is 11.8. The van der Waals surface area contributed by atoms with Crippen LogP contribution < -0.4 is 11.1 Å². The number of hydrogen-bond donors (Lipinski definition) is 2. The van der Waals surface area contributed by atoms with Crippen LogP contribution in [0.3, 0.4) is 0 Å². The molecule has 0 radical (unpaired) electrons. The van der Waals surface area contributed by atoms with Crippen LogP contribution >= 0.6 is 23.2 Å². The van der Waals surface area contributed by atoms with Crippen LogP contribution in [0.15, 0.2) is 12.1 Å². The summed E-state index contributed by atoms with van der Waals surface area (Å²) in [5.41, 5.74) is 6.95. The van der Waals surface area contributed by atoms with Crippen molar-refractivity contribution in [2.75, 3.05) is 24.3 Å². The average Bonchev–Trinajstić information content (AvgIpc) is 2.25. The number of nitrogen functional groups attached to an aromatic ring is 1. The number of halogens is 2. The van der Waals surface area contributed by atoms with Crippen LogP contribution in [-0.2, 0) is 4.74 Å². The highest BCUT2D eigenvalue weighted by Crippen LogP contribution is 2.33. The van der Waals surface area contributed by atoms with Gasteiger partial charge < -0.3 is 15.8 Å². The van der Waals surface area contributed by atoms with Crippen LogP contribution in [0.1, 0.15) is 12.8 Å². The van der Waals surface area contributed by atoms with Gasteiger partial charge in [-0.25, -0.2) is 0 Å². The van der Waals surface area contributed by atoms with Crippen molar-refractivity contribution < 1.29 is 4.74 Å². The zero-order valence-electron chi connectivity index (χ0n) is 8.80. The van der Waals surface area contributed by atoms with Crippen molar-refractivity contribution in [2.45, 2.75) is 18.9 Å². The van der Waals surface area contributed by atoms with Gasteiger partial charge >= 0.3 is 0 Å². The number of nitrogens with two attached hydrogens (primary N) is 1. The van der Waals surface area contributed by atoms with Gasteiger partial charge in [-0.1, -0.05) is 23.2 Å². The third-order valence-electron chi connectivity index (χ3n) is 2.57. The third kappa shape index (κ3) is 2.73. The Hall–Kier alpha value is -0.640. The fourth-order valence-corrected chi connectivity index (χ4v) is 2.40. The first-order valence-corrected chi connectivity index (χ1v) is 6.01. The van der Waals surface area contributed by atoms with Crippen LogP contribution in [0.2, 0.25) is 10.0 Å². The molecule has 2 rings (SSSR count). The van der Waals surface area contributed by atoms with Crippen LogP contribution in [0.4, 0.5) is 11.4 Å². The van der Waals surface area contributed by atoms with Gasteiger partial charge in [0.15, 0.2) is 0 Å². The van der Waals surface area contributed by atoms with E-state index in [4.69, 9.17) is 33.7 Å². The molecule has 3 nitrogen and oxygen atoms in total. The summed E-state index contributed by atoms with van der Waals surface area (Å²) in [6, 6.07) is 3.66. The summed E-state index contributed by atoms with van der Waals surface area (Å²) in [5, 5.41) is 4.40. The van der Waals surface area contributed by atoms with Crippen LogP contribution in [0, 0.1) is 0 Å². The van der Waals surface area contributed by atoms with E-state index in [1.54, 1.807) is 12.1 Å². The Bertz CT molecular complexity index is 355. The molecule has 3 N–H and O–H groups in total. The Kier molecular flexibility index (Phi) is 3.79. The maximum atomic E-state index is 6.09. The van der Waals surface area contributed by atoms with Crippen molar-refractivity contribution in [3.63, 3.8) is 0 Å². The summed E-state index contributed by atoms with van der Waals surface area (Å²) >= 11 is 12.2. The topological polar surface area (TPSA) is 47.3 Å². The summed E-state index contributed by atoms with van der Waals surface area (Å²) in [4.78, 5) is 0. The Labute approximate surface area is 105 Å². The molecule has 1 saturated heterocycles. The molecule has 0 saturated carbocycles. The Morgan fingerprint density at radius 2 is 2.00 bits per heavy atom. The lowest BCUT2D eigenvalue weighted by molar-refractivity contribution is 0.0876. The van der Waals surface area contributed by atoms with E-state index in [0.29, 0.717) is 22.3 Å². The molecular formula is C11H14Cl2N2O. The third-order valence-corrected chi connectivity index (χ3v) is 3.17. The molecule has 16 heavy (non-hydrogen) atoms. The molecule has 1 aliphatic rings. The monoisotopic (exact) mass is 260 g/mol. The molecule has 0 amide bonds. The molecule has 1 atom stereocenters. The number of benzene rings is 1. The Balaban J connectivity index is 2.14. The summed E-state index contributed by atoms with van der Waals surface area (Å²) in [7, 11) is 0. The SMILES string of the molecule is Nc1cc(Cl)c(NC2CCCOC2)c(Cl)c1. The number of ether oxygens (including phenoxy) is 1. The van der Waals surface area contributed by atoms with E-state index in [1.165, 1.54) is 0 Å². The second-order valence-electron chi connectivity index (χ2n) is 3.92.